The highest BCUT2D eigenvalue weighted by molar-refractivity contribution is 7.91. The molecule has 1 N–H and O–H groups in total. The number of aryl methyl sites for hydroxylation is 1. The summed E-state index contributed by atoms with van der Waals surface area (Å²) < 4.78 is 26.1. The van der Waals surface area contributed by atoms with E-state index in [9.17, 15) is 8.42 Å². The van der Waals surface area contributed by atoms with E-state index in [2.05, 4.69) is 17.3 Å². The van der Waals surface area contributed by atoms with E-state index in [1.807, 2.05) is 25.1 Å². The number of anilines is 1. The number of rotatable bonds is 2. The normalized spacial score (nSPS) is 23.0. The van der Waals surface area contributed by atoms with Crippen LogP contribution in [0.3, 0.4) is 0 Å². The minimum atomic E-state index is -3.48. The maximum atomic E-state index is 13.1. The molecule has 0 saturated carbocycles. The van der Waals surface area contributed by atoms with Gasteiger partial charge in [0, 0.05) is 24.7 Å². The fourth-order valence-electron chi connectivity index (χ4n) is 4.27. The molecule has 2 aromatic carbocycles. The fraction of sp³-hybridized carbons (Fsp3) is 0.400. The lowest BCUT2D eigenvalue weighted by atomic mass is 9.91. The van der Waals surface area contributed by atoms with E-state index in [1.165, 1.54) is 11.3 Å². The van der Waals surface area contributed by atoms with Crippen molar-refractivity contribution in [3.63, 3.8) is 0 Å². The summed E-state index contributed by atoms with van der Waals surface area (Å²) >= 11 is 0. The summed E-state index contributed by atoms with van der Waals surface area (Å²) in [6.45, 7) is 3.93. The van der Waals surface area contributed by atoms with Crippen LogP contribution in [0, 0.1) is 6.92 Å². The molecule has 4 rings (SSSR count). The smallest absolute Gasteiger partial charge is 0.206 e. The second kappa shape index (κ2) is 6.15. The van der Waals surface area contributed by atoms with Gasteiger partial charge >= 0.3 is 0 Å². The molecule has 2 aliphatic heterocycles. The van der Waals surface area contributed by atoms with Crippen LogP contribution < -0.4 is 10.2 Å². The van der Waals surface area contributed by atoms with Crippen molar-refractivity contribution in [2.24, 2.45) is 0 Å². The molecule has 25 heavy (non-hydrogen) atoms. The van der Waals surface area contributed by atoms with Crippen molar-refractivity contribution in [2.45, 2.75) is 41.5 Å². The third-order valence-electron chi connectivity index (χ3n) is 5.60. The Balaban J connectivity index is 1.78. The molecule has 2 aliphatic rings. The number of hydrogen-bond acceptors (Lipinski definition) is 4. The number of likely N-dealkylation sites (N-methyl/N-ethyl adjacent to an activating group) is 1. The molecule has 0 bridgehead atoms. The van der Waals surface area contributed by atoms with Crippen LogP contribution in [0.2, 0.25) is 0 Å². The van der Waals surface area contributed by atoms with Crippen molar-refractivity contribution >= 4 is 15.5 Å². The van der Waals surface area contributed by atoms with Gasteiger partial charge in [0.25, 0.3) is 0 Å². The van der Waals surface area contributed by atoms with Crippen LogP contribution in [-0.2, 0) is 9.84 Å². The van der Waals surface area contributed by atoms with Crippen molar-refractivity contribution in [1.82, 2.24) is 5.32 Å². The molecule has 0 radical (unpaired) electrons. The highest BCUT2D eigenvalue weighted by Gasteiger charge is 2.37. The molecule has 0 spiro atoms. The predicted octanol–water partition coefficient (Wildman–Crippen LogP) is 3.11. The van der Waals surface area contributed by atoms with Crippen LogP contribution in [0.1, 0.15) is 29.9 Å². The Hall–Kier alpha value is -1.85. The number of nitrogens with zero attached hydrogens (tertiary/aromatic N) is 1. The molecule has 1 fully saturated rings. The van der Waals surface area contributed by atoms with Crippen LogP contribution >= 0.6 is 0 Å². The average molecular weight is 356 g/mol. The van der Waals surface area contributed by atoms with E-state index < -0.39 is 9.84 Å². The second-order valence-electron chi connectivity index (χ2n) is 7.15. The van der Waals surface area contributed by atoms with Crippen molar-refractivity contribution in [3.05, 3.63) is 53.6 Å². The molecule has 1 saturated heterocycles. The molecular weight excluding hydrogens is 332 g/mol. The van der Waals surface area contributed by atoms with E-state index in [-0.39, 0.29) is 0 Å². The summed E-state index contributed by atoms with van der Waals surface area (Å²) in [5.41, 5.74) is 3.32. The maximum absolute atomic E-state index is 13.1. The van der Waals surface area contributed by atoms with E-state index in [0.717, 1.165) is 31.5 Å². The lowest BCUT2D eigenvalue weighted by molar-refractivity contribution is 0.531. The lowest BCUT2D eigenvalue weighted by Crippen LogP contribution is -2.30. The maximum Gasteiger partial charge on any atom is 0.206 e. The summed E-state index contributed by atoms with van der Waals surface area (Å²) in [6, 6.07) is 13.3. The average Bonchev–Trinajstić information content (AvgIpc) is 2.77. The van der Waals surface area contributed by atoms with Crippen LogP contribution in [0.4, 0.5) is 5.69 Å². The van der Waals surface area contributed by atoms with Gasteiger partial charge < -0.3 is 10.2 Å². The van der Waals surface area contributed by atoms with Crippen LogP contribution in [-0.4, -0.2) is 34.6 Å². The number of sulfone groups is 1. The molecule has 0 aromatic heterocycles. The van der Waals surface area contributed by atoms with E-state index >= 15 is 0 Å². The van der Waals surface area contributed by atoms with E-state index in [4.69, 9.17) is 0 Å². The quantitative estimate of drug-likeness (QED) is 0.898. The van der Waals surface area contributed by atoms with Gasteiger partial charge in [-0.3, -0.25) is 0 Å². The fourth-order valence-corrected chi connectivity index (χ4v) is 5.67. The van der Waals surface area contributed by atoms with Crippen LogP contribution in [0.5, 0.6) is 0 Å². The van der Waals surface area contributed by atoms with E-state index in [1.54, 1.807) is 24.3 Å². The number of fused-ring (bicyclic) bond motifs is 3. The Bertz CT molecular complexity index is 908. The largest absolute Gasteiger partial charge is 0.371 e. The summed E-state index contributed by atoms with van der Waals surface area (Å²) in [5.74, 6) is 0.405. The van der Waals surface area contributed by atoms with Gasteiger partial charge in [-0.15, -0.1) is 0 Å². The highest BCUT2D eigenvalue weighted by atomic mass is 32.2. The SMILES string of the molecule is Cc1cccc(S(=O)(=O)c2ccc3c(c2)[C@H]2CCNCC[C@H]2N3C)c1. The molecule has 2 heterocycles. The first kappa shape index (κ1) is 16.6. The van der Waals surface area contributed by atoms with Gasteiger partial charge in [0.2, 0.25) is 9.84 Å². The molecule has 0 amide bonds. The standard InChI is InChI=1S/C20H24N2O2S/c1-14-4-3-5-15(12-14)25(23,24)16-6-7-19-18(13-16)17-8-10-21-11-9-20(17)22(19)2/h3-7,12-13,17,20-21H,8-11H2,1-2H3/t17-,20-/m1/s1. The number of hydrogen-bond donors (Lipinski definition) is 1. The zero-order chi connectivity index (χ0) is 17.6. The highest BCUT2D eigenvalue weighted by Crippen LogP contribution is 2.44. The second-order valence-corrected chi connectivity index (χ2v) is 9.10. The molecule has 4 nitrogen and oxygen atoms in total. The minimum absolute atomic E-state index is 0.373. The summed E-state index contributed by atoms with van der Waals surface area (Å²) in [6.07, 6.45) is 2.14. The van der Waals surface area contributed by atoms with Crippen molar-refractivity contribution in [1.29, 1.82) is 0 Å². The van der Waals surface area contributed by atoms with Gasteiger partial charge in [-0.25, -0.2) is 8.42 Å². The number of nitrogens with one attached hydrogen (secondary N) is 1. The number of benzene rings is 2. The first-order valence-corrected chi connectivity index (χ1v) is 10.4. The van der Waals surface area contributed by atoms with Crippen molar-refractivity contribution < 1.29 is 8.42 Å². The monoisotopic (exact) mass is 356 g/mol. The van der Waals surface area contributed by atoms with Gasteiger partial charge in [-0.05, 0) is 74.3 Å². The topological polar surface area (TPSA) is 49.4 Å². The third kappa shape index (κ3) is 2.75. The van der Waals surface area contributed by atoms with Gasteiger partial charge in [-0.1, -0.05) is 12.1 Å². The summed E-state index contributed by atoms with van der Waals surface area (Å²) in [7, 11) is -1.35. The van der Waals surface area contributed by atoms with E-state index in [0.29, 0.717) is 21.8 Å². The molecular formula is C20H24N2O2S. The predicted molar refractivity (Wildman–Crippen MR) is 100 cm³/mol. The van der Waals surface area contributed by atoms with Crippen molar-refractivity contribution in [3.8, 4) is 0 Å². The first-order chi connectivity index (χ1) is 12.0. The van der Waals surface area contributed by atoms with Crippen molar-refractivity contribution in [2.75, 3.05) is 25.0 Å². The Morgan fingerprint density at radius 2 is 1.80 bits per heavy atom. The molecule has 132 valence electrons. The molecule has 2 atom stereocenters. The summed E-state index contributed by atoms with van der Waals surface area (Å²) in [4.78, 5) is 3.11. The Morgan fingerprint density at radius 3 is 2.60 bits per heavy atom. The Morgan fingerprint density at radius 1 is 1.04 bits per heavy atom. The summed E-state index contributed by atoms with van der Waals surface area (Å²) in [5, 5.41) is 3.46. The zero-order valence-electron chi connectivity index (χ0n) is 14.7. The van der Waals surface area contributed by atoms with Crippen LogP contribution in [0.25, 0.3) is 0 Å². The zero-order valence-corrected chi connectivity index (χ0v) is 15.5. The van der Waals surface area contributed by atoms with Gasteiger partial charge in [0.1, 0.15) is 0 Å². The molecule has 0 unspecified atom stereocenters. The van der Waals surface area contributed by atoms with Gasteiger partial charge in [0.05, 0.1) is 9.79 Å². The van der Waals surface area contributed by atoms with Gasteiger partial charge in [-0.2, -0.15) is 0 Å². The minimum Gasteiger partial charge on any atom is -0.371 e. The Labute approximate surface area is 149 Å². The Kier molecular flexibility index (Phi) is 4.08. The molecule has 0 aliphatic carbocycles. The first-order valence-electron chi connectivity index (χ1n) is 8.88. The van der Waals surface area contributed by atoms with Gasteiger partial charge in [0.15, 0.2) is 0 Å². The lowest BCUT2D eigenvalue weighted by Gasteiger charge is -2.24. The van der Waals surface area contributed by atoms with Crippen LogP contribution in [0.15, 0.2) is 52.3 Å². The molecule has 5 heteroatoms. The third-order valence-corrected chi connectivity index (χ3v) is 7.35. The molecule has 2 aromatic rings.